The topological polar surface area (TPSA) is 73.0 Å². The molecule has 4 aromatic rings. The summed E-state index contributed by atoms with van der Waals surface area (Å²) < 4.78 is 44.6. The normalized spacial score (nSPS) is 19.5. The first-order valence-electron chi connectivity index (χ1n) is 10.5. The number of hydrogen-bond acceptors (Lipinski definition) is 4. The van der Waals surface area contributed by atoms with E-state index in [0.29, 0.717) is 24.8 Å². The zero-order valence-corrected chi connectivity index (χ0v) is 20.6. The molecule has 172 valence electrons. The summed E-state index contributed by atoms with van der Waals surface area (Å²) in [6.45, 7) is 2.86. The molecule has 1 aliphatic heterocycles. The summed E-state index contributed by atoms with van der Waals surface area (Å²) in [6, 6.07) is 10.4. The maximum Gasteiger partial charge on any atom is 0.246 e. The molecule has 0 radical (unpaired) electrons. The lowest BCUT2D eigenvalue weighted by Gasteiger charge is -2.29. The lowest BCUT2D eigenvalue weighted by atomic mass is 9.79. The van der Waals surface area contributed by atoms with Crippen LogP contribution < -0.4 is 0 Å². The molecule has 0 aliphatic carbocycles. The largest absolute Gasteiger partial charge is 0.274 e. The van der Waals surface area contributed by atoms with Crippen molar-refractivity contribution in [3.8, 4) is 5.69 Å². The van der Waals surface area contributed by atoms with Crippen LogP contribution in [0.25, 0.3) is 16.6 Å². The SMILES string of the molecule is Cc1cc2c(cnn2-c2ccc(F)cc2)cc1C1(CBr)CCN(S(=O)(=O)c2cnn(C)c2)C1. The third-order valence-electron chi connectivity index (χ3n) is 6.45. The van der Waals surface area contributed by atoms with Gasteiger partial charge in [-0.05, 0) is 60.9 Å². The summed E-state index contributed by atoms with van der Waals surface area (Å²) in [4.78, 5) is 0.211. The fourth-order valence-corrected chi connectivity index (χ4v) is 6.93. The number of aromatic nitrogens is 4. The number of fused-ring (bicyclic) bond motifs is 1. The molecule has 0 N–H and O–H groups in total. The zero-order chi connectivity index (χ0) is 23.4. The van der Waals surface area contributed by atoms with E-state index in [1.54, 1.807) is 34.4 Å². The van der Waals surface area contributed by atoms with Crippen molar-refractivity contribution in [3.63, 3.8) is 0 Å². The maximum atomic E-state index is 13.4. The summed E-state index contributed by atoms with van der Waals surface area (Å²) >= 11 is 3.68. The minimum atomic E-state index is -3.62. The number of benzene rings is 2. The van der Waals surface area contributed by atoms with E-state index in [9.17, 15) is 12.8 Å². The van der Waals surface area contributed by atoms with Crippen molar-refractivity contribution in [2.45, 2.75) is 23.7 Å². The summed E-state index contributed by atoms with van der Waals surface area (Å²) in [5, 5.41) is 10.1. The predicted octanol–water partition coefficient (Wildman–Crippen LogP) is 3.93. The van der Waals surface area contributed by atoms with Crippen molar-refractivity contribution < 1.29 is 12.8 Å². The van der Waals surface area contributed by atoms with Crippen LogP contribution in [0.5, 0.6) is 0 Å². The number of rotatable bonds is 5. The van der Waals surface area contributed by atoms with Crippen LogP contribution in [0, 0.1) is 12.7 Å². The minimum Gasteiger partial charge on any atom is -0.274 e. The van der Waals surface area contributed by atoms with E-state index in [-0.39, 0.29) is 16.1 Å². The molecule has 1 fully saturated rings. The smallest absolute Gasteiger partial charge is 0.246 e. The van der Waals surface area contributed by atoms with Crippen LogP contribution in [0.3, 0.4) is 0 Å². The Hall–Kier alpha value is -2.56. The second kappa shape index (κ2) is 8.03. The van der Waals surface area contributed by atoms with Gasteiger partial charge in [0.2, 0.25) is 10.0 Å². The van der Waals surface area contributed by atoms with Crippen LogP contribution in [0.1, 0.15) is 17.5 Å². The number of aryl methyl sites for hydroxylation is 2. The Labute approximate surface area is 200 Å². The Balaban J connectivity index is 1.52. The molecule has 0 spiro atoms. The lowest BCUT2D eigenvalue weighted by molar-refractivity contribution is 0.443. The van der Waals surface area contributed by atoms with E-state index in [2.05, 4.69) is 38.3 Å². The fourth-order valence-electron chi connectivity index (χ4n) is 4.66. The van der Waals surface area contributed by atoms with Gasteiger partial charge < -0.3 is 0 Å². The van der Waals surface area contributed by atoms with Crippen molar-refractivity contribution >= 4 is 36.9 Å². The van der Waals surface area contributed by atoms with Crippen molar-refractivity contribution in [3.05, 3.63) is 71.9 Å². The number of alkyl halides is 1. The van der Waals surface area contributed by atoms with Gasteiger partial charge in [0.15, 0.2) is 0 Å². The van der Waals surface area contributed by atoms with Gasteiger partial charge in [-0.25, -0.2) is 17.5 Å². The molecule has 10 heteroatoms. The van der Waals surface area contributed by atoms with E-state index in [1.807, 2.05) is 6.92 Å². The van der Waals surface area contributed by atoms with Gasteiger partial charge in [-0.2, -0.15) is 14.5 Å². The first-order chi connectivity index (χ1) is 15.7. The summed E-state index contributed by atoms with van der Waals surface area (Å²) in [5.41, 5.74) is 3.51. The summed E-state index contributed by atoms with van der Waals surface area (Å²) in [5.74, 6) is -0.292. The van der Waals surface area contributed by atoms with Crippen LogP contribution in [-0.4, -0.2) is 50.7 Å². The lowest BCUT2D eigenvalue weighted by Crippen LogP contribution is -2.36. The van der Waals surface area contributed by atoms with Gasteiger partial charge in [0, 0.05) is 42.5 Å². The zero-order valence-electron chi connectivity index (χ0n) is 18.2. The van der Waals surface area contributed by atoms with Gasteiger partial charge in [0.25, 0.3) is 0 Å². The first-order valence-corrected chi connectivity index (χ1v) is 13.1. The molecule has 3 heterocycles. The van der Waals surface area contributed by atoms with E-state index in [0.717, 1.165) is 27.7 Å². The molecule has 5 rings (SSSR count). The molecule has 0 amide bonds. The molecular weight excluding hydrogens is 509 g/mol. The standard InChI is InChI=1S/C23H23BrFN5O2S/c1-16-9-22-17(11-27-30(22)19-5-3-18(25)4-6-19)10-21(16)23(14-24)7-8-29(15-23)33(31,32)20-12-26-28(2)13-20/h3-6,9-13H,7-8,14-15H2,1-2H3. The highest BCUT2D eigenvalue weighted by Gasteiger charge is 2.44. The second-order valence-electron chi connectivity index (χ2n) is 8.61. The maximum absolute atomic E-state index is 13.4. The number of nitrogens with zero attached hydrogens (tertiary/aromatic N) is 5. The van der Waals surface area contributed by atoms with Gasteiger partial charge in [0.1, 0.15) is 10.7 Å². The van der Waals surface area contributed by atoms with Crippen molar-refractivity contribution in [2.24, 2.45) is 7.05 Å². The third-order valence-corrected chi connectivity index (χ3v) is 9.32. The van der Waals surface area contributed by atoms with Crippen molar-refractivity contribution in [1.82, 2.24) is 23.9 Å². The second-order valence-corrected chi connectivity index (χ2v) is 11.1. The predicted molar refractivity (Wildman–Crippen MR) is 128 cm³/mol. The van der Waals surface area contributed by atoms with Gasteiger partial charge in [0.05, 0.1) is 23.6 Å². The van der Waals surface area contributed by atoms with Crippen molar-refractivity contribution in [2.75, 3.05) is 18.4 Å². The van der Waals surface area contributed by atoms with Crippen molar-refractivity contribution in [1.29, 1.82) is 0 Å². The Kier molecular flexibility index (Phi) is 5.42. The highest BCUT2D eigenvalue weighted by molar-refractivity contribution is 9.09. The van der Waals surface area contributed by atoms with Crippen LogP contribution in [0.15, 0.2) is 59.9 Å². The van der Waals surface area contributed by atoms with E-state index >= 15 is 0 Å². The monoisotopic (exact) mass is 531 g/mol. The molecule has 33 heavy (non-hydrogen) atoms. The average molecular weight is 532 g/mol. The minimum absolute atomic E-state index is 0.211. The number of hydrogen-bond donors (Lipinski definition) is 0. The molecule has 0 bridgehead atoms. The van der Waals surface area contributed by atoms with Crippen LogP contribution in [0.2, 0.25) is 0 Å². The van der Waals surface area contributed by atoms with Gasteiger partial charge in [-0.15, -0.1) is 0 Å². The van der Waals surface area contributed by atoms with Gasteiger partial charge >= 0.3 is 0 Å². The Bertz CT molecular complexity index is 1450. The highest BCUT2D eigenvalue weighted by atomic mass is 79.9. The third kappa shape index (κ3) is 3.70. The summed E-state index contributed by atoms with van der Waals surface area (Å²) in [6.07, 6.45) is 5.42. The molecule has 2 aromatic carbocycles. The molecule has 7 nitrogen and oxygen atoms in total. The summed E-state index contributed by atoms with van der Waals surface area (Å²) in [7, 11) is -1.91. The first kappa shape index (κ1) is 22.2. The Morgan fingerprint density at radius 3 is 2.58 bits per heavy atom. The number of sulfonamides is 1. The molecule has 1 atom stereocenters. The van der Waals surface area contributed by atoms with E-state index in [1.165, 1.54) is 29.2 Å². The van der Waals surface area contributed by atoms with E-state index < -0.39 is 10.0 Å². The molecule has 1 unspecified atom stereocenters. The van der Waals surface area contributed by atoms with Gasteiger partial charge in [-0.1, -0.05) is 15.9 Å². The van der Waals surface area contributed by atoms with Gasteiger partial charge in [-0.3, -0.25) is 4.68 Å². The van der Waals surface area contributed by atoms with Crippen LogP contribution in [0.4, 0.5) is 4.39 Å². The Morgan fingerprint density at radius 1 is 1.15 bits per heavy atom. The average Bonchev–Trinajstić information content (AvgIpc) is 3.52. The molecule has 2 aromatic heterocycles. The molecule has 1 saturated heterocycles. The number of halogens is 2. The highest BCUT2D eigenvalue weighted by Crippen LogP contribution is 2.41. The fraction of sp³-hybridized carbons (Fsp3) is 0.304. The Morgan fingerprint density at radius 2 is 1.91 bits per heavy atom. The van der Waals surface area contributed by atoms with Crippen LogP contribution >= 0.6 is 15.9 Å². The van der Waals surface area contributed by atoms with Crippen LogP contribution in [-0.2, 0) is 22.5 Å². The molecule has 1 aliphatic rings. The molecular formula is C23H23BrFN5O2S. The quantitative estimate of drug-likeness (QED) is 0.365. The molecule has 0 saturated carbocycles. The van der Waals surface area contributed by atoms with E-state index in [4.69, 9.17) is 0 Å².